The van der Waals surface area contributed by atoms with Crippen LogP contribution in [0.3, 0.4) is 0 Å². The molecule has 0 spiro atoms. The van der Waals surface area contributed by atoms with Crippen LogP contribution in [0.4, 0.5) is 11.6 Å². The molecule has 0 atom stereocenters. The molecule has 0 saturated heterocycles. The van der Waals surface area contributed by atoms with Crippen molar-refractivity contribution < 1.29 is 17.6 Å². The molecule has 0 aliphatic carbocycles. The van der Waals surface area contributed by atoms with Gasteiger partial charge >= 0.3 is 0 Å². The summed E-state index contributed by atoms with van der Waals surface area (Å²) in [5, 5.41) is 0.387. The molecule has 1 aliphatic rings. The third-order valence-electron chi connectivity index (χ3n) is 6.09. The van der Waals surface area contributed by atoms with E-state index in [9.17, 15) is 18.0 Å². The molecule has 196 valence electrons. The molecule has 0 bridgehead atoms. The summed E-state index contributed by atoms with van der Waals surface area (Å²) in [5.41, 5.74) is 1.39. The minimum absolute atomic E-state index is 0.0287. The molecule has 40 heavy (non-hydrogen) atoms. The number of benzene rings is 3. The van der Waals surface area contributed by atoms with Gasteiger partial charge in [-0.05, 0) is 48.5 Å². The van der Waals surface area contributed by atoms with Crippen LogP contribution in [-0.4, -0.2) is 30.1 Å². The van der Waals surface area contributed by atoms with Gasteiger partial charge < -0.3 is 4.42 Å². The standard InChI is InChI=1S/C29H19N5O5S/c35-26-20(18-39-25-10-5-4-9-23(25)26)17-24-28(36)34(27(32-24)19-7-2-1-3-8-19)21-11-13-22(14-12-21)40(37,38)33-29-30-15-6-16-31-29/h1-18H,(H,30,31,33)/b24-17-. The van der Waals surface area contributed by atoms with E-state index in [0.29, 0.717) is 28.1 Å². The lowest BCUT2D eigenvalue weighted by Crippen LogP contribution is -2.32. The van der Waals surface area contributed by atoms with Gasteiger partial charge in [-0.15, -0.1) is 0 Å². The van der Waals surface area contributed by atoms with Gasteiger partial charge in [0.15, 0.2) is 5.43 Å². The van der Waals surface area contributed by atoms with Crippen molar-refractivity contribution in [2.24, 2.45) is 4.99 Å². The Morgan fingerprint density at radius 3 is 2.27 bits per heavy atom. The number of para-hydroxylation sites is 1. The van der Waals surface area contributed by atoms with E-state index in [1.54, 1.807) is 42.5 Å². The van der Waals surface area contributed by atoms with Crippen LogP contribution in [0.25, 0.3) is 17.0 Å². The van der Waals surface area contributed by atoms with Gasteiger partial charge in [0.2, 0.25) is 5.95 Å². The number of nitrogens with one attached hydrogen (secondary N) is 1. The first-order chi connectivity index (χ1) is 19.4. The number of anilines is 2. The SMILES string of the molecule is O=C1/C(=C/c2coc3ccccc3c2=O)N=C(c2ccccc2)N1c1ccc(S(=O)(=O)Nc2ncccn2)cc1. The fourth-order valence-electron chi connectivity index (χ4n) is 4.18. The van der Waals surface area contributed by atoms with E-state index >= 15 is 0 Å². The second kappa shape index (κ2) is 10.0. The average Bonchev–Trinajstić information content (AvgIpc) is 3.31. The molecule has 1 N–H and O–H groups in total. The maximum Gasteiger partial charge on any atom is 0.282 e. The Morgan fingerprint density at radius 1 is 0.825 bits per heavy atom. The highest BCUT2D eigenvalue weighted by molar-refractivity contribution is 7.92. The molecule has 3 aromatic carbocycles. The van der Waals surface area contributed by atoms with E-state index in [2.05, 4.69) is 19.7 Å². The average molecular weight is 550 g/mol. The summed E-state index contributed by atoms with van der Waals surface area (Å²) < 4.78 is 33.6. The number of hydrogen-bond donors (Lipinski definition) is 1. The van der Waals surface area contributed by atoms with E-state index in [1.807, 2.05) is 18.2 Å². The van der Waals surface area contributed by atoms with Crippen LogP contribution in [-0.2, 0) is 14.8 Å². The molecule has 5 aromatic rings. The van der Waals surface area contributed by atoms with Crippen molar-refractivity contribution in [3.63, 3.8) is 0 Å². The number of aromatic nitrogens is 2. The predicted octanol–water partition coefficient (Wildman–Crippen LogP) is 4.22. The van der Waals surface area contributed by atoms with E-state index < -0.39 is 15.9 Å². The number of carbonyl (C=O) groups excluding carboxylic acids is 1. The molecule has 11 heteroatoms. The van der Waals surface area contributed by atoms with Crippen molar-refractivity contribution in [2.45, 2.75) is 4.90 Å². The van der Waals surface area contributed by atoms with Gasteiger partial charge in [-0.25, -0.2) is 28.1 Å². The second-order valence-electron chi connectivity index (χ2n) is 8.66. The van der Waals surface area contributed by atoms with Crippen LogP contribution in [0.1, 0.15) is 11.1 Å². The van der Waals surface area contributed by atoms with Crippen LogP contribution in [0.15, 0.2) is 128 Å². The zero-order chi connectivity index (χ0) is 27.7. The molecular weight excluding hydrogens is 530 g/mol. The summed E-state index contributed by atoms with van der Waals surface area (Å²) in [5.74, 6) is -0.223. The fraction of sp³-hybridized carbons (Fsp3) is 0. The molecule has 1 amide bonds. The molecule has 6 rings (SSSR count). The number of hydrogen-bond acceptors (Lipinski definition) is 8. The third-order valence-corrected chi connectivity index (χ3v) is 7.43. The largest absolute Gasteiger partial charge is 0.463 e. The number of carbonyl (C=O) groups is 1. The first-order valence-corrected chi connectivity index (χ1v) is 13.5. The summed E-state index contributed by atoms with van der Waals surface area (Å²) in [6.45, 7) is 0. The number of fused-ring (bicyclic) bond motifs is 1. The zero-order valence-electron chi connectivity index (χ0n) is 20.6. The molecule has 0 radical (unpaired) electrons. The summed E-state index contributed by atoms with van der Waals surface area (Å²) in [6, 6.07) is 23.2. The van der Waals surface area contributed by atoms with Crippen LogP contribution in [0, 0.1) is 0 Å². The quantitative estimate of drug-likeness (QED) is 0.313. The topological polar surface area (TPSA) is 135 Å². The van der Waals surface area contributed by atoms with Gasteiger partial charge in [-0.1, -0.05) is 42.5 Å². The van der Waals surface area contributed by atoms with Crippen molar-refractivity contribution in [1.29, 1.82) is 0 Å². The number of aliphatic imine (C=N–C) groups is 1. The molecule has 1 aliphatic heterocycles. The third kappa shape index (κ3) is 4.65. The number of amidine groups is 1. The molecular formula is C29H19N5O5S. The van der Waals surface area contributed by atoms with Crippen molar-refractivity contribution in [2.75, 3.05) is 9.62 Å². The number of nitrogens with zero attached hydrogens (tertiary/aromatic N) is 4. The predicted molar refractivity (Wildman–Crippen MR) is 150 cm³/mol. The first-order valence-electron chi connectivity index (χ1n) is 12.0. The Bertz CT molecular complexity index is 1970. The van der Waals surface area contributed by atoms with Gasteiger partial charge in [-0.2, -0.15) is 0 Å². The Kier molecular flexibility index (Phi) is 6.25. The van der Waals surface area contributed by atoms with E-state index in [0.717, 1.165) is 0 Å². The Morgan fingerprint density at radius 2 is 1.52 bits per heavy atom. The Balaban J connectivity index is 1.38. The minimum atomic E-state index is -3.97. The van der Waals surface area contributed by atoms with Crippen molar-refractivity contribution in [3.05, 3.63) is 131 Å². The van der Waals surface area contributed by atoms with Crippen LogP contribution in [0.5, 0.6) is 0 Å². The maximum atomic E-state index is 13.7. The molecule has 2 aromatic heterocycles. The van der Waals surface area contributed by atoms with E-state index in [-0.39, 0.29) is 27.5 Å². The van der Waals surface area contributed by atoms with Crippen molar-refractivity contribution >= 4 is 50.4 Å². The van der Waals surface area contributed by atoms with Gasteiger partial charge in [0.25, 0.3) is 15.9 Å². The van der Waals surface area contributed by atoms with Gasteiger partial charge in [0.05, 0.1) is 21.5 Å². The Hall–Kier alpha value is -5.42. The monoisotopic (exact) mass is 549 g/mol. The van der Waals surface area contributed by atoms with E-state index in [4.69, 9.17) is 4.42 Å². The maximum absolute atomic E-state index is 13.7. The highest BCUT2D eigenvalue weighted by Crippen LogP contribution is 2.29. The highest BCUT2D eigenvalue weighted by atomic mass is 32.2. The van der Waals surface area contributed by atoms with Gasteiger partial charge in [0.1, 0.15) is 23.4 Å². The molecule has 0 saturated carbocycles. The minimum Gasteiger partial charge on any atom is -0.463 e. The first kappa shape index (κ1) is 24.9. The Labute approximate surface area is 228 Å². The highest BCUT2D eigenvalue weighted by Gasteiger charge is 2.33. The lowest BCUT2D eigenvalue weighted by molar-refractivity contribution is -0.113. The summed E-state index contributed by atoms with van der Waals surface area (Å²) in [6.07, 6.45) is 5.54. The lowest BCUT2D eigenvalue weighted by atomic mass is 10.1. The summed E-state index contributed by atoms with van der Waals surface area (Å²) in [4.78, 5) is 40.4. The van der Waals surface area contributed by atoms with Gasteiger partial charge in [-0.3, -0.25) is 14.5 Å². The van der Waals surface area contributed by atoms with Crippen LogP contribution < -0.4 is 15.1 Å². The zero-order valence-corrected chi connectivity index (χ0v) is 21.4. The smallest absolute Gasteiger partial charge is 0.282 e. The fourth-order valence-corrected chi connectivity index (χ4v) is 5.14. The second-order valence-corrected chi connectivity index (χ2v) is 10.3. The summed E-state index contributed by atoms with van der Waals surface area (Å²) >= 11 is 0. The van der Waals surface area contributed by atoms with E-state index in [1.165, 1.54) is 53.9 Å². The number of sulfonamides is 1. The summed E-state index contributed by atoms with van der Waals surface area (Å²) in [7, 11) is -3.97. The number of amides is 1. The molecule has 0 unspecified atom stereocenters. The lowest BCUT2D eigenvalue weighted by Gasteiger charge is -2.19. The molecule has 0 fully saturated rings. The number of rotatable bonds is 6. The molecule has 10 nitrogen and oxygen atoms in total. The van der Waals surface area contributed by atoms with Gasteiger partial charge in [0, 0.05) is 18.0 Å². The van der Waals surface area contributed by atoms with Crippen LogP contribution >= 0.6 is 0 Å². The van der Waals surface area contributed by atoms with Crippen molar-refractivity contribution in [1.82, 2.24) is 9.97 Å². The van der Waals surface area contributed by atoms with Crippen LogP contribution in [0.2, 0.25) is 0 Å². The normalized spacial score (nSPS) is 14.5. The van der Waals surface area contributed by atoms with Crippen molar-refractivity contribution in [3.8, 4) is 0 Å². The molecule has 3 heterocycles.